The van der Waals surface area contributed by atoms with Crippen LogP contribution in [0.3, 0.4) is 0 Å². The number of amides is 5. The second kappa shape index (κ2) is 10.3. The molecule has 0 aromatic heterocycles. The van der Waals surface area contributed by atoms with Gasteiger partial charge in [-0.1, -0.05) is 31.4 Å². The van der Waals surface area contributed by atoms with E-state index in [0.717, 1.165) is 16.7 Å². The molecule has 2 aromatic carbocycles. The number of piperazine rings is 1. The van der Waals surface area contributed by atoms with E-state index in [4.69, 9.17) is 4.74 Å². The van der Waals surface area contributed by atoms with Crippen molar-refractivity contribution in [3.05, 3.63) is 72.1 Å². The van der Waals surface area contributed by atoms with Crippen molar-refractivity contribution in [1.29, 1.82) is 0 Å². The monoisotopic (exact) mass is 543 g/mol. The minimum absolute atomic E-state index is 0.0521. The quantitative estimate of drug-likeness (QED) is 0.571. The zero-order valence-corrected chi connectivity index (χ0v) is 22.4. The standard InChI is InChI=1S/C29H29N5O6/c1-17(28(38)33-12-10-32(11-13-33)19(3)35)30-27(37)18(2)34-15-23-21(6-5-7-22(23)29(34)39)20-8-9-24-25(14-20)40-16-26(36)31(24)4/h5-9,14H,1-2,10-13,15-16H2,3-4H3,(H,30,37). The molecule has 40 heavy (non-hydrogen) atoms. The van der Waals surface area contributed by atoms with Crippen molar-refractivity contribution in [3.8, 4) is 16.9 Å². The summed E-state index contributed by atoms with van der Waals surface area (Å²) in [5.41, 5.74) is 3.16. The largest absolute Gasteiger partial charge is 0.482 e. The number of fused-ring (bicyclic) bond motifs is 2. The van der Waals surface area contributed by atoms with Crippen molar-refractivity contribution in [3.63, 3.8) is 0 Å². The maximum absolute atomic E-state index is 13.3. The molecule has 3 aliphatic rings. The van der Waals surface area contributed by atoms with Crippen LogP contribution < -0.4 is 15.0 Å². The molecule has 0 spiro atoms. The average molecular weight is 544 g/mol. The lowest BCUT2D eigenvalue weighted by Crippen LogP contribution is -2.51. The molecule has 3 aliphatic heterocycles. The Kier molecular flexibility index (Phi) is 6.88. The van der Waals surface area contributed by atoms with Crippen LogP contribution in [-0.2, 0) is 25.7 Å². The Morgan fingerprint density at radius 3 is 2.33 bits per heavy atom. The first-order valence-electron chi connectivity index (χ1n) is 12.8. The molecule has 1 N–H and O–H groups in total. The maximum Gasteiger partial charge on any atom is 0.271 e. The lowest BCUT2D eigenvalue weighted by molar-refractivity contribution is -0.136. The number of hydrogen-bond acceptors (Lipinski definition) is 6. The number of likely N-dealkylation sites (N-methyl/N-ethyl adjacent to an activating group) is 1. The minimum Gasteiger partial charge on any atom is -0.482 e. The number of carbonyl (C=O) groups is 5. The van der Waals surface area contributed by atoms with E-state index in [0.29, 0.717) is 43.2 Å². The number of hydrogen-bond donors (Lipinski definition) is 1. The van der Waals surface area contributed by atoms with Gasteiger partial charge >= 0.3 is 0 Å². The molecule has 0 aliphatic carbocycles. The summed E-state index contributed by atoms with van der Waals surface area (Å²) >= 11 is 0. The number of anilines is 1. The topological polar surface area (TPSA) is 120 Å². The van der Waals surface area contributed by atoms with Crippen LogP contribution >= 0.6 is 0 Å². The van der Waals surface area contributed by atoms with Crippen LogP contribution in [-0.4, -0.2) is 84.1 Å². The van der Waals surface area contributed by atoms with Gasteiger partial charge in [0, 0.05) is 45.7 Å². The third kappa shape index (κ3) is 4.70. The van der Waals surface area contributed by atoms with Gasteiger partial charge in [-0.05, 0) is 34.9 Å². The summed E-state index contributed by atoms with van der Waals surface area (Å²) < 4.78 is 5.62. The first kappa shape index (κ1) is 26.7. The van der Waals surface area contributed by atoms with Gasteiger partial charge in [0.2, 0.25) is 5.91 Å². The number of carbonyl (C=O) groups excluding carboxylic acids is 5. The molecule has 1 saturated heterocycles. The summed E-state index contributed by atoms with van der Waals surface area (Å²) in [5, 5.41) is 2.48. The Morgan fingerprint density at radius 1 is 0.950 bits per heavy atom. The van der Waals surface area contributed by atoms with E-state index >= 15 is 0 Å². The van der Waals surface area contributed by atoms with Gasteiger partial charge in [0.1, 0.15) is 11.4 Å². The van der Waals surface area contributed by atoms with Gasteiger partial charge in [-0.3, -0.25) is 28.9 Å². The molecule has 3 heterocycles. The van der Waals surface area contributed by atoms with Gasteiger partial charge < -0.3 is 24.8 Å². The summed E-state index contributed by atoms with van der Waals surface area (Å²) in [6.45, 7) is 10.5. The maximum atomic E-state index is 13.3. The Morgan fingerprint density at radius 2 is 1.62 bits per heavy atom. The fraction of sp³-hybridized carbons (Fsp3) is 0.276. The number of ether oxygens (including phenoxy) is 1. The lowest BCUT2D eigenvalue weighted by atomic mass is 9.96. The van der Waals surface area contributed by atoms with Crippen molar-refractivity contribution >= 4 is 35.2 Å². The molecule has 11 heteroatoms. The SMILES string of the molecule is C=C(NC(=O)C(=C)N1Cc2c(cccc2-c2ccc3c(c2)OCC(=O)N3C)C1=O)C(=O)N1CCN(C(C)=O)CC1. The molecule has 5 rings (SSSR count). The molecule has 0 atom stereocenters. The van der Waals surface area contributed by atoms with E-state index < -0.39 is 11.8 Å². The van der Waals surface area contributed by atoms with E-state index in [-0.39, 0.29) is 42.3 Å². The molecule has 0 saturated carbocycles. The second-order valence-corrected chi connectivity index (χ2v) is 9.82. The van der Waals surface area contributed by atoms with Gasteiger partial charge in [-0.15, -0.1) is 0 Å². The molecule has 1 fully saturated rings. The predicted octanol–water partition coefficient (Wildman–Crippen LogP) is 1.50. The number of rotatable bonds is 5. The van der Waals surface area contributed by atoms with E-state index in [1.54, 1.807) is 30.1 Å². The highest BCUT2D eigenvalue weighted by molar-refractivity contribution is 6.08. The van der Waals surface area contributed by atoms with Gasteiger partial charge in [-0.25, -0.2) is 0 Å². The lowest BCUT2D eigenvalue weighted by Gasteiger charge is -2.34. The average Bonchev–Trinajstić information content (AvgIpc) is 3.30. The third-order valence-electron chi connectivity index (χ3n) is 7.45. The second-order valence-electron chi connectivity index (χ2n) is 9.82. The molecule has 0 unspecified atom stereocenters. The Labute approximate surface area is 231 Å². The Hall–Kier alpha value is -4.93. The predicted molar refractivity (Wildman–Crippen MR) is 146 cm³/mol. The summed E-state index contributed by atoms with van der Waals surface area (Å²) in [6.07, 6.45) is 0. The van der Waals surface area contributed by atoms with Crippen molar-refractivity contribution in [2.24, 2.45) is 0 Å². The molecule has 0 radical (unpaired) electrons. The van der Waals surface area contributed by atoms with Crippen LogP contribution in [0, 0.1) is 0 Å². The highest BCUT2D eigenvalue weighted by Gasteiger charge is 2.34. The van der Waals surface area contributed by atoms with Crippen molar-refractivity contribution < 1.29 is 28.7 Å². The first-order valence-corrected chi connectivity index (χ1v) is 12.8. The highest BCUT2D eigenvalue weighted by Crippen LogP contribution is 2.39. The zero-order valence-electron chi connectivity index (χ0n) is 22.4. The van der Waals surface area contributed by atoms with E-state index in [9.17, 15) is 24.0 Å². The van der Waals surface area contributed by atoms with Crippen LogP contribution in [0.1, 0.15) is 22.8 Å². The van der Waals surface area contributed by atoms with Crippen LogP contribution in [0.15, 0.2) is 61.0 Å². The van der Waals surface area contributed by atoms with Crippen LogP contribution in [0.2, 0.25) is 0 Å². The number of benzene rings is 2. The van der Waals surface area contributed by atoms with Gasteiger partial charge in [-0.2, -0.15) is 0 Å². The van der Waals surface area contributed by atoms with E-state index in [1.807, 2.05) is 18.2 Å². The van der Waals surface area contributed by atoms with Crippen molar-refractivity contribution in [1.82, 2.24) is 20.0 Å². The molecule has 5 amide bonds. The fourth-order valence-corrected chi connectivity index (χ4v) is 5.07. The molecular weight excluding hydrogens is 514 g/mol. The van der Waals surface area contributed by atoms with E-state index in [1.165, 1.54) is 21.6 Å². The van der Waals surface area contributed by atoms with Gasteiger partial charge in [0.25, 0.3) is 23.6 Å². The third-order valence-corrected chi connectivity index (χ3v) is 7.45. The zero-order chi connectivity index (χ0) is 28.7. The highest BCUT2D eigenvalue weighted by atomic mass is 16.5. The fourth-order valence-electron chi connectivity index (χ4n) is 5.07. The molecule has 11 nitrogen and oxygen atoms in total. The van der Waals surface area contributed by atoms with Crippen LogP contribution in [0.25, 0.3) is 11.1 Å². The summed E-state index contributed by atoms with van der Waals surface area (Å²) in [6, 6.07) is 10.8. The normalized spacial score (nSPS) is 16.2. The van der Waals surface area contributed by atoms with Crippen molar-refractivity contribution in [2.75, 3.05) is 44.7 Å². The molecule has 2 aromatic rings. The first-order chi connectivity index (χ1) is 19.1. The Bertz CT molecular complexity index is 1490. The van der Waals surface area contributed by atoms with Gasteiger partial charge in [0.05, 0.1) is 17.9 Å². The molecular formula is C29H29N5O6. The van der Waals surface area contributed by atoms with E-state index in [2.05, 4.69) is 18.5 Å². The number of nitrogens with one attached hydrogen (secondary N) is 1. The smallest absolute Gasteiger partial charge is 0.271 e. The van der Waals surface area contributed by atoms with Crippen LogP contribution in [0.5, 0.6) is 5.75 Å². The van der Waals surface area contributed by atoms with Crippen LogP contribution in [0.4, 0.5) is 5.69 Å². The minimum atomic E-state index is -0.710. The summed E-state index contributed by atoms with van der Waals surface area (Å²) in [4.78, 5) is 68.5. The molecule has 0 bridgehead atoms. The molecule has 206 valence electrons. The van der Waals surface area contributed by atoms with Crippen molar-refractivity contribution in [2.45, 2.75) is 13.5 Å². The summed E-state index contributed by atoms with van der Waals surface area (Å²) in [5.74, 6) is -1.18. The number of nitrogens with zero attached hydrogens (tertiary/aromatic N) is 4. The van der Waals surface area contributed by atoms with Gasteiger partial charge in [0.15, 0.2) is 6.61 Å². The Balaban J connectivity index is 1.28. The summed E-state index contributed by atoms with van der Waals surface area (Å²) in [7, 11) is 1.69.